The number of nitrogens with one attached hydrogen (secondary N) is 15. The predicted molar refractivity (Wildman–Crippen MR) is 475 cm³/mol. The van der Waals surface area contributed by atoms with Crippen LogP contribution in [-0.2, 0) is 102 Å². The maximum absolute atomic E-state index is 15.7. The topological polar surface area (TPSA) is 688 Å². The van der Waals surface area contributed by atoms with Gasteiger partial charge in [0.05, 0.1) is 50.4 Å². The number of aliphatic hydroxyl groups is 3. The van der Waals surface area contributed by atoms with Crippen LogP contribution in [0.1, 0.15) is 113 Å². The SMILES string of the molecule is CCCC[C@@H](C(=O)N(C)[C@@H](CCCC)C(=O)N[C@@H](CCCNC(=N)N)C(=O)NC(CSCC(=O)N[C@@H](Cc1ccc(O)cc1)C(=O)NC)C(=O)NCC(N)=O)N(C)C(=O)[C@H](Cc1c[nH]c2ccccc12)NC(=O)[C@H](CO)NC(=O)[C@H](Cc1c[nH]c2ccccc12)NC(=O)[C@@H]1C[C@@H](O)CN1C(=O)[C@H](CO)NC(=O)[C@H](Cc1cnc[nH]1)NC(=O)[C@@H]1CCCN1C(=O)[C@@H](N)CC(N)=O. The number of fused-ring (bicyclic) bond motifs is 2. The number of phenolic OH excluding ortho intramolecular Hbond substituents is 1. The van der Waals surface area contributed by atoms with Crippen LogP contribution in [0.3, 0.4) is 0 Å². The average molecular weight is 1830 g/mol. The van der Waals surface area contributed by atoms with Crippen LogP contribution < -0.4 is 81.4 Å². The highest BCUT2D eigenvalue weighted by Crippen LogP contribution is 2.27. The van der Waals surface area contributed by atoms with Crippen LogP contribution >= 0.6 is 11.8 Å². The number of likely N-dealkylation sites (tertiary alicyclic amines) is 2. The fourth-order valence-electron chi connectivity index (χ4n) is 15.5. The van der Waals surface area contributed by atoms with E-state index in [9.17, 15) is 73.2 Å². The quantitative estimate of drug-likeness (QED) is 0.00964. The van der Waals surface area contributed by atoms with Gasteiger partial charge in [-0.2, -0.15) is 0 Å². The van der Waals surface area contributed by atoms with E-state index in [1.54, 1.807) is 73.1 Å². The van der Waals surface area contributed by atoms with Crippen molar-refractivity contribution in [2.24, 2.45) is 22.9 Å². The zero-order valence-corrected chi connectivity index (χ0v) is 73.9. The number of nitrogens with two attached hydrogens (primary N) is 4. The number of guanidine groups is 1. The van der Waals surface area contributed by atoms with E-state index in [1.807, 2.05) is 13.8 Å². The van der Waals surface area contributed by atoms with Crippen molar-refractivity contribution in [3.05, 3.63) is 120 Å². The minimum Gasteiger partial charge on any atom is -0.508 e. The molecule has 14 atom stereocenters. The lowest BCUT2D eigenvalue weighted by Gasteiger charge is -2.36. The first-order chi connectivity index (χ1) is 62.1. The molecule has 3 aromatic carbocycles. The largest absolute Gasteiger partial charge is 0.508 e. The number of para-hydroxylation sites is 2. The number of hydrogen-bond acceptors (Lipinski definition) is 24. The average Bonchev–Trinajstić information content (AvgIpc) is 1.52. The Morgan fingerprint density at radius 1 is 0.569 bits per heavy atom. The molecule has 5 heterocycles. The molecular formula is C85H120N24O20S. The number of phenols is 1. The summed E-state index contributed by atoms with van der Waals surface area (Å²) in [5.74, 6) is -15.3. The summed E-state index contributed by atoms with van der Waals surface area (Å²) in [7, 11) is 4.06. The van der Waals surface area contributed by atoms with Gasteiger partial charge in [0.1, 0.15) is 78.3 Å². The molecule has 3 aromatic heterocycles. The van der Waals surface area contributed by atoms with E-state index >= 15 is 24.0 Å². The predicted octanol–water partition coefficient (Wildman–Crippen LogP) is -5.25. The Morgan fingerprint density at radius 3 is 1.70 bits per heavy atom. The number of unbranched alkanes of at least 4 members (excludes halogenated alkanes) is 2. The lowest BCUT2D eigenvalue weighted by molar-refractivity contribution is -0.149. The Hall–Kier alpha value is -13.3. The first-order valence-corrected chi connectivity index (χ1v) is 44.0. The van der Waals surface area contributed by atoms with Crippen molar-refractivity contribution in [3.8, 4) is 5.75 Å². The maximum Gasteiger partial charge on any atom is 0.248 e. The van der Waals surface area contributed by atoms with Gasteiger partial charge in [0, 0.05) is 125 Å². The van der Waals surface area contributed by atoms with Crippen molar-refractivity contribution in [1.29, 1.82) is 5.41 Å². The summed E-state index contributed by atoms with van der Waals surface area (Å²) >= 11 is 0.870. The number of aromatic nitrogens is 4. The molecular weight excluding hydrogens is 1710 g/mol. The Kier molecular flexibility index (Phi) is 39.2. The molecule has 44 nitrogen and oxygen atoms in total. The van der Waals surface area contributed by atoms with Crippen molar-refractivity contribution in [2.75, 3.05) is 72.0 Å². The molecule has 0 saturated carbocycles. The van der Waals surface area contributed by atoms with Crippen LogP contribution in [0.25, 0.3) is 21.8 Å². The number of carbonyl (C=O) groups is 16. The number of carbonyl (C=O) groups excluding carboxylic acids is 16. The van der Waals surface area contributed by atoms with Gasteiger partial charge in [-0.15, -0.1) is 11.8 Å². The Bertz CT molecular complexity index is 4960. The van der Waals surface area contributed by atoms with Crippen LogP contribution in [0.5, 0.6) is 5.75 Å². The van der Waals surface area contributed by atoms with Crippen LogP contribution in [0.4, 0.5) is 0 Å². The minimum absolute atomic E-state index is 0.00194. The highest BCUT2D eigenvalue weighted by atomic mass is 32.2. The van der Waals surface area contributed by atoms with Gasteiger partial charge in [-0.3, -0.25) is 82.1 Å². The molecule has 27 N–H and O–H groups in total. The van der Waals surface area contributed by atoms with Gasteiger partial charge in [-0.25, -0.2) is 4.98 Å². The highest BCUT2D eigenvalue weighted by Gasteiger charge is 2.46. The molecule has 2 saturated heterocycles. The number of amides is 16. The Morgan fingerprint density at radius 2 is 1.12 bits per heavy atom. The molecule has 1 unspecified atom stereocenters. The number of aromatic amines is 3. The van der Waals surface area contributed by atoms with Gasteiger partial charge in [0.2, 0.25) is 94.5 Å². The molecule has 8 rings (SSSR count). The lowest BCUT2D eigenvalue weighted by atomic mass is 10.00. The van der Waals surface area contributed by atoms with Gasteiger partial charge in [-0.05, 0) is 79.5 Å². The van der Waals surface area contributed by atoms with E-state index in [-0.39, 0.29) is 88.1 Å². The molecule has 2 fully saturated rings. The number of rotatable bonds is 51. The third kappa shape index (κ3) is 29.1. The van der Waals surface area contributed by atoms with E-state index in [1.165, 1.54) is 50.7 Å². The number of primary amides is 2. The summed E-state index contributed by atoms with van der Waals surface area (Å²) in [6, 6.07) is 0.467. The molecule has 0 bridgehead atoms. The smallest absolute Gasteiger partial charge is 0.248 e. The van der Waals surface area contributed by atoms with Crippen molar-refractivity contribution in [3.63, 3.8) is 0 Å². The fourth-order valence-corrected chi connectivity index (χ4v) is 16.3. The minimum atomic E-state index is -1.91. The number of imidazole rings is 1. The number of β-amino-alcohol motifs (C(OH)–C–C–N with tert-alkyl or cyclic N) is 1. The molecule has 6 aromatic rings. The lowest BCUT2D eigenvalue weighted by Crippen LogP contribution is -2.62. The number of benzene rings is 3. The van der Waals surface area contributed by atoms with Gasteiger partial charge < -0.3 is 136 Å². The number of aliphatic hydroxyl groups excluding tert-OH is 3. The van der Waals surface area contributed by atoms with E-state index in [0.29, 0.717) is 76.3 Å². The summed E-state index contributed by atoms with van der Waals surface area (Å²) < 4.78 is 0. The molecule has 2 aliphatic heterocycles. The zero-order chi connectivity index (χ0) is 95.0. The Labute approximate surface area is 753 Å². The molecule has 0 spiro atoms. The van der Waals surface area contributed by atoms with Crippen molar-refractivity contribution >= 4 is 134 Å². The summed E-state index contributed by atoms with van der Waals surface area (Å²) in [5, 5.41) is 80.4. The number of thioether (sulfide) groups is 1. The van der Waals surface area contributed by atoms with Gasteiger partial charge >= 0.3 is 0 Å². The number of hydrogen-bond donors (Lipinski definition) is 23. The van der Waals surface area contributed by atoms with Crippen molar-refractivity contribution < 1.29 is 97.1 Å². The third-order valence-electron chi connectivity index (χ3n) is 22.5. The van der Waals surface area contributed by atoms with Crippen molar-refractivity contribution in [1.82, 2.24) is 98.0 Å². The molecule has 0 radical (unpaired) electrons. The number of H-pyrrole nitrogens is 3. The number of aromatic hydroxyl groups is 1. The maximum atomic E-state index is 15.7. The van der Waals surface area contributed by atoms with E-state index in [0.717, 1.165) is 26.5 Å². The zero-order valence-electron chi connectivity index (χ0n) is 73.1. The normalized spacial score (nSPS) is 16.7. The second-order valence-electron chi connectivity index (χ2n) is 32.1. The molecule has 706 valence electrons. The first kappa shape index (κ1) is 102. The monoisotopic (exact) mass is 1830 g/mol. The molecule has 45 heteroatoms. The highest BCUT2D eigenvalue weighted by molar-refractivity contribution is 8.00. The summed E-state index contributed by atoms with van der Waals surface area (Å²) in [6.45, 7) is 0.378. The van der Waals surface area contributed by atoms with E-state index in [2.05, 4.69) is 78.4 Å². The molecule has 130 heavy (non-hydrogen) atoms. The standard InChI is InChI=1S/C85H120N24O20S/c1-6-8-21-65(78(123)99-57(20-14-28-93-85(89)90)74(119)105-64(73(118)96-39-70(88)115)43-130-44-71(116)98-58(72(117)91-3)30-46-24-26-50(112)27-25-46)106(4)84(129)67(22-9-7-2)107(5)82(127)61(32-48-37-95-56-19-13-11-17-53(48)56)102-77(122)62(41-110)103-75(120)59(31-47-36-94-55-18-12-10-16-52(47)55)100-80(125)68-34-51(113)40-109(68)83(128)63(42-111)104-76(121)60(33-49-38-92-45-97-49)101-79(124)66-23-15-29-108(66)81(126)54(86)35-69(87)114/h10-13,16-19,24-27,36-38,45,51,54,57-68,94-95,110-113H,6-9,14-15,20-23,28-35,39-44,86H2,1-5H3,(H2,87,114)(H2,88,115)(H,91,117)(H,92,97)(H,96,118)(H,98,116)(H,99,123)(H,100,125)(H,101,124)(H,102,122)(H,103,120)(H,104,121)(H,105,119)(H4,89,90,93)/t51-,54+,57+,58+,59+,60+,61+,62+,63+,64?,65+,66+,67+,68+/m1/s1. The first-order valence-electron chi connectivity index (χ1n) is 42.9. The summed E-state index contributed by atoms with van der Waals surface area (Å²) in [5.41, 5.74) is 25.3. The van der Waals surface area contributed by atoms with Crippen LogP contribution in [0.15, 0.2) is 97.7 Å². The van der Waals surface area contributed by atoms with E-state index < -0.39 is 224 Å². The summed E-state index contributed by atoms with van der Waals surface area (Å²) in [4.78, 5) is 244. The van der Waals surface area contributed by atoms with Crippen LogP contribution in [0.2, 0.25) is 0 Å². The van der Waals surface area contributed by atoms with Crippen LogP contribution in [0, 0.1) is 5.41 Å². The summed E-state index contributed by atoms with van der Waals surface area (Å²) in [6.07, 6.45) is 4.72. The van der Waals surface area contributed by atoms with E-state index in [4.69, 9.17) is 28.3 Å². The van der Waals surface area contributed by atoms with Crippen molar-refractivity contribution in [2.45, 2.75) is 201 Å². The number of likely N-dealkylation sites (N-methyl/N-ethyl adjacent to an activating group) is 3. The Balaban J connectivity index is 1.02. The third-order valence-corrected chi connectivity index (χ3v) is 23.5. The van der Waals surface area contributed by atoms with Gasteiger partial charge in [0.25, 0.3) is 0 Å². The molecule has 0 aliphatic carbocycles. The fraction of sp³-hybridized carbons (Fsp3) is 0.506. The van der Waals surface area contributed by atoms with Crippen LogP contribution in [-0.4, -0.2) is 317 Å². The molecule has 16 amide bonds. The number of nitrogens with zero attached hydrogens (tertiary/aromatic N) is 5. The van der Waals surface area contributed by atoms with Gasteiger partial charge in [0.15, 0.2) is 5.96 Å². The second kappa shape index (κ2) is 49.9. The molecule has 2 aliphatic rings. The second-order valence-corrected chi connectivity index (χ2v) is 33.1. The van der Waals surface area contributed by atoms with Gasteiger partial charge in [-0.1, -0.05) is 88.1 Å².